The average molecular weight is 421 g/mol. The molecule has 1 atom stereocenters. The molecule has 0 amide bonds. The van der Waals surface area contributed by atoms with E-state index in [9.17, 15) is 13.0 Å². The second-order valence-corrected chi connectivity index (χ2v) is 8.71. The van der Waals surface area contributed by atoms with Gasteiger partial charge in [-0.3, -0.25) is 0 Å². The van der Waals surface area contributed by atoms with E-state index in [4.69, 9.17) is 0 Å². The number of benzene rings is 1. The Morgan fingerprint density at radius 1 is 0.852 bits per heavy atom. The Balaban J connectivity index is 0.00000364. The average Bonchev–Trinajstić information content (AvgIpc) is 3.01. The fourth-order valence-corrected chi connectivity index (χ4v) is 3.99. The third-order valence-electron chi connectivity index (χ3n) is 5.04. The normalized spacial score (nSPS) is 15.6. The topological polar surface area (TPSA) is 81.3 Å². The number of fused-ring (bicyclic) bond motifs is 1. The summed E-state index contributed by atoms with van der Waals surface area (Å²) in [6.45, 7) is 2.25. The van der Waals surface area contributed by atoms with Crippen molar-refractivity contribution in [3.05, 3.63) is 18.2 Å². The van der Waals surface area contributed by atoms with Crippen LogP contribution >= 0.6 is 0 Å². The van der Waals surface area contributed by atoms with Crippen molar-refractivity contribution >= 4 is 21.5 Å². The van der Waals surface area contributed by atoms with Crippen LogP contribution in [0.3, 0.4) is 0 Å². The van der Waals surface area contributed by atoms with Gasteiger partial charge >= 0.3 is 51.4 Å². The van der Waals surface area contributed by atoms with Gasteiger partial charge in [0.05, 0.1) is 22.4 Å². The van der Waals surface area contributed by atoms with Gasteiger partial charge in [-0.15, -0.1) is 0 Å². The Hall–Kier alpha value is 0.366. The maximum Gasteiger partial charge on any atom is 1.00 e. The minimum absolute atomic E-state index is 0. The molecule has 2 N–H and O–H groups in total. The first kappa shape index (κ1) is 25.4. The molecular weight excluding hydrogens is 387 g/mol. The summed E-state index contributed by atoms with van der Waals surface area (Å²) in [7, 11) is -4.40. The number of anilines is 2. The third kappa shape index (κ3) is 9.61. The summed E-state index contributed by atoms with van der Waals surface area (Å²) in [5.74, 6) is 0. The molecular formula is C20H33KN2O3S. The van der Waals surface area contributed by atoms with Gasteiger partial charge in [-0.2, -0.15) is 0 Å². The summed E-state index contributed by atoms with van der Waals surface area (Å²) in [6.07, 6.45) is 15.7. The Kier molecular flexibility index (Phi) is 12.8. The molecule has 1 aromatic carbocycles. The van der Waals surface area contributed by atoms with Crippen LogP contribution in [0.4, 0.5) is 11.4 Å². The summed E-state index contributed by atoms with van der Waals surface area (Å²) < 4.78 is 33.3. The molecule has 2 rings (SSSR count). The molecule has 1 aromatic rings. The third-order valence-corrected chi connectivity index (χ3v) is 5.87. The van der Waals surface area contributed by atoms with Crippen molar-refractivity contribution in [2.75, 3.05) is 10.6 Å². The molecule has 1 heterocycles. The van der Waals surface area contributed by atoms with Gasteiger partial charge in [0.15, 0.2) is 0 Å². The number of hydrogen-bond donors (Lipinski definition) is 2. The molecule has 0 saturated carbocycles. The molecule has 1 unspecified atom stereocenters. The molecule has 1 aliphatic rings. The van der Waals surface area contributed by atoms with Crippen molar-refractivity contribution in [1.82, 2.24) is 0 Å². The van der Waals surface area contributed by atoms with Crippen LogP contribution < -0.4 is 62.0 Å². The molecule has 148 valence electrons. The van der Waals surface area contributed by atoms with Gasteiger partial charge in [0.1, 0.15) is 10.1 Å². The van der Waals surface area contributed by atoms with Crippen LogP contribution in [0.15, 0.2) is 23.1 Å². The van der Waals surface area contributed by atoms with Gasteiger partial charge in [0.2, 0.25) is 0 Å². The zero-order valence-electron chi connectivity index (χ0n) is 16.9. The molecule has 0 aliphatic carbocycles. The molecule has 0 aromatic heterocycles. The number of unbranched alkanes of at least 4 members (excludes halogenated alkanes) is 10. The van der Waals surface area contributed by atoms with Crippen molar-refractivity contribution < 1.29 is 64.4 Å². The van der Waals surface area contributed by atoms with Gasteiger partial charge < -0.3 is 15.2 Å². The zero-order chi connectivity index (χ0) is 18.8. The molecule has 5 nitrogen and oxygen atoms in total. The van der Waals surface area contributed by atoms with E-state index in [-0.39, 0.29) is 62.4 Å². The van der Waals surface area contributed by atoms with E-state index >= 15 is 0 Å². The quantitative estimate of drug-likeness (QED) is 0.291. The van der Waals surface area contributed by atoms with Crippen LogP contribution in [-0.2, 0) is 10.1 Å². The number of rotatable bonds is 13. The Morgan fingerprint density at radius 3 is 1.93 bits per heavy atom. The first-order valence-electron chi connectivity index (χ1n) is 10.1. The van der Waals surface area contributed by atoms with E-state index in [0.717, 1.165) is 18.5 Å². The van der Waals surface area contributed by atoms with Gasteiger partial charge in [0, 0.05) is 0 Å². The zero-order valence-corrected chi connectivity index (χ0v) is 20.9. The predicted molar refractivity (Wildman–Crippen MR) is 107 cm³/mol. The maximum absolute atomic E-state index is 11.1. The van der Waals surface area contributed by atoms with Crippen molar-refractivity contribution in [3.63, 3.8) is 0 Å². The van der Waals surface area contributed by atoms with E-state index in [1.807, 2.05) is 0 Å². The van der Waals surface area contributed by atoms with Crippen molar-refractivity contribution in [1.29, 1.82) is 0 Å². The molecule has 1 aliphatic heterocycles. The SMILES string of the molecule is CCCCCCCCCCCCCC1Nc2ccc(S(=O)(=O)[O-])cc2N1.[K+]. The minimum atomic E-state index is -4.40. The summed E-state index contributed by atoms with van der Waals surface area (Å²) in [5, 5.41) is 6.61. The van der Waals surface area contributed by atoms with Crippen LogP contribution in [0.25, 0.3) is 0 Å². The summed E-state index contributed by atoms with van der Waals surface area (Å²) in [6, 6.07) is 4.44. The first-order chi connectivity index (χ1) is 12.5. The van der Waals surface area contributed by atoms with Crippen molar-refractivity contribution in [2.24, 2.45) is 0 Å². The molecule has 0 saturated heterocycles. The van der Waals surface area contributed by atoms with E-state index in [2.05, 4.69) is 17.6 Å². The molecule has 7 heteroatoms. The van der Waals surface area contributed by atoms with Gasteiger partial charge in [-0.1, -0.05) is 71.1 Å². The summed E-state index contributed by atoms with van der Waals surface area (Å²) in [5.41, 5.74) is 1.57. The second kappa shape index (κ2) is 13.6. The second-order valence-electron chi connectivity index (χ2n) is 7.33. The number of hydrogen-bond acceptors (Lipinski definition) is 5. The Bertz CT molecular complexity index is 653. The van der Waals surface area contributed by atoms with Crippen LogP contribution in [0, 0.1) is 0 Å². The van der Waals surface area contributed by atoms with Gasteiger partial charge in [-0.05, 0) is 31.0 Å². The molecule has 0 spiro atoms. The maximum atomic E-state index is 11.1. The van der Waals surface area contributed by atoms with Gasteiger partial charge in [0.25, 0.3) is 0 Å². The predicted octanol–water partition coefficient (Wildman–Crippen LogP) is 2.46. The van der Waals surface area contributed by atoms with Crippen LogP contribution in [0.1, 0.15) is 84.0 Å². The van der Waals surface area contributed by atoms with E-state index < -0.39 is 10.1 Å². The van der Waals surface area contributed by atoms with Crippen LogP contribution in [-0.4, -0.2) is 19.1 Å². The van der Waals surface area contributed by atoms with Gasteiger partial charge in [-0.25, -0.2) is 8.42 Å². The summed E-state index contributed by atoms with van der Waals surface area (Å²) in [4.78, 5) is -0.180. The van der Waals surface area contributed by atoms with Crippen LogP contribution in [0.2, 0.25) is 0 Å². The molecule has 0 fully saturated rings. The van der Waals surface area contributed by atoms with Crippen LogP contribution in [0.5, 0.6) is 0 Å². The fourth-order valence-electron chi connectivity index (χ4n) is 3.49. The Labute approximate surface area is 207 Å². The van der Waals surface area contributed by atoms with E-state index in [0.29, 0.717) is 5.69 Å². The number of nitrogens with one attached hydrogen (secondary N) is 2. The molecule has 0 bridgehead atoms. The smallest absolute Gasteiger partial charge is 0.744 e. The standard InChI is InChI=1S/C20H34N2O3S.K/c1-2-3-4-5-6-7-8-9-10-11-12-13-20-21-18-15-14-17(26(23,24)25)16-19(18)22-20;/h14-16,20-22H,2-13H2,1H3,(H,23,24,25);/q;+1/p-1. The van der Waals surface area contributed by atoms with E-state index in [1.165, 1.54) is 76.3 Å². The van der Waals surface area contributed by atoms with E-state index in [1.54, 1.807) is 6.07 Å². The Morgan fingerprint density at radius 2 is 1.37 bits per heavy atom. The minimum Gasteiger partial charge on any atom is -0.744 e. The largest absolute Gasteiger partial charge is 1.00 e. The monoisotopic (exact) mass is 420 g/mol. The summed E-state index contributed by atoms with van der Waals surface area (Å²) >= 11 is 0. The first-order valence-corrected chi connectivity index (χ1v) is 11.5. The fraction of sp³-hybridized carbons (Fsp3) is 0.700. The van der Waals surface area contributed by atoms with Crippen molar-refractivity contribution in [2.45, 2.75) is 95.0 Å². The molecule has 0 radical (unpaired) electrons. The van der Waals surface area contributed by atoms with Crippen molar-refractivity contribution in [3.8, 4) is 0 Å². The molecule has 27 heavy (non-hydrogen) atoms.